The molecule has 0 radical (unpaired) electrons. The molecule has 1 atom stereocenters. The summed E-state index contributed by atoms with van der Waals surface area (Å²) in [6.07, 6.45) is 1.68. The standard InChI is InChI=1S/C13H12Cl2N2O/c1-8(16)9-5-6-12(17-7-9)18-11-4-2-3-10(14)13(11)15/h2-8H,16H2,1H3/t8-/m1/s1. The fraction of sp³-hybridized carbons (Fsp3) is 0.154. The molecule has 0 bridgehead atoms. The summed E-state index contributed by atoms with van der Waals surface area (Å²) in [6.45, 7) is 1.89. The Kier molecular flexibility index (Phi) is 4.07. The van der Waals surface area contributed by atoms with Gasteiger partial charge in [0.15, 0.2) is 0 Å². The maximum atomic E-state index is 6.02. The van der Waals surface area contributed by atoms with Gasteiger partial charge in [-0.05, 0) is 24.6 Å². The van der Waals surface area contributed by atoms with E-state index >= 15 is 0 Å². The lowest BCUT2D eigenvalue weighted by Crippen LogP contribution is -2.05. The van der Waals surface area contributed by atoms with Gasteiger partial charge in [0.25, 0.3) is 0 Å². The van der Waals surface area contributed by atoms with E-state index in [-0.39, 0.29) is 6.04 Å². The fourth-order valence-electron chi connectivity index (χ4n) is 1.40. The van der Waals surface area contributed by atoms with Crippen molar-refractivity contribution in [3.05, 3.63) is 52.1 Å². The third kappa shape index (κ3) is 2.93. The highest BCUT2D eigenvalue weighted by Gasteiger charge is 2.07. The molecule has 1 aromatic heterocycles. The van der Waals surface area contributed by atoms with E-state index in [1.165, 1.54) is 0 Å². The van der Waals surface area contributed by atoms with Crippen molar-refractivity contribution >= 4 is 23.2 Å². The van der Waals surface area contributed by atoms with Crippen LogP contribution in [0.3, 0.4) is 0 Å². The topological polar surface area (TPSA) is 48.1 Å². The Morgan fingerprint density at radius 1 is 1.22 bits per heavy atom. The van der Waals surface area contributed by atoms with Crippen LogP contribution in [0.1, 0.15) is 18.5 Å². The van der Waals surface area contributed by atoms with Crippen LogP contribution in [0.15, 0.2) is 36.5 Å². The van der Waals surface area contributed by atoms with Crippen LogP contribution in [-0.2, 0) is 0 Å². The van der Waals surface area contributed by atoms with Crippen molar-refractivity contribution in [3.8, 4) is 11.6 Å². The van der Waals surface area contributed by atoms with Gasteiger partial charge in [0.2, 0.25) is 5.88 Å². The van der Waals surface area contributed by atoms with Gasteiger partial charge >= 0.3 is 0 Å². The molecule has 2 rings (SSSR count). The van der Waals surface area contributed by atoms with Crippen molar-refractivity contribution in [2.45, 2.75) is 13.0 Å². The first kappa shape index (κ1) is 13.1. The zero-order valence-corrected chi connectivity index (χ0v) is 11.2. The third-order valence-electron chi connectivity index (χ3n) is 2.42. The normalized spacial score (nSPS) is 12.2. The summed E-state index contributed by atoms with van der Waals surface area (Å²) in [7, 11) is 0. The van der Waals surface area contributed by atoms with E-state index in [1.54, 1.807) is 30.5 Å². The summed E-state index contributed by atoms with van der Waals surface area (Å²) in [5.41, 5.74) is 6.68. The smallest absolute Gasteiger partial charge is 0.219 e. The minimum Gasteiger partial charge on any atom is -0.437 e. The quantitative estimate of drug-likeness (QED) is 0.918. The van der Waals surface area contributed by atoms with Crippen LogP contribution in [0.25, 0.3) is 0 Å². The van der Waals surface area contributed by atoms with Crippen LogP contribution in [0.4, 0.5) is 0 Å². The molecule has 5 heteroatoms. The maximum absolute atomic E-state index is 6.02. The van der Waals surface area contributed by atoms with Crippen LogP contribution >= 0.6 is 23.2 Å². The molecule has 1 aromatic carbocycles. The van der Waals surface area contributed by atoms with E-state index in [0.29, 0.717) is 21.7 Å². The number of ether oxygens (including phenoxy) is 1. The zero-order chi connectivity index (χ0) is 13.1. The molecule has 3 nitrogen and oxygen atoms in total. The van der Waals surface area contributed by atoms with Crippen molar-refractivity contribution in [3.63, 3.8) is 0 Å². The van der Waals surface area contributed by atoms with Crippen LogP contribution in [0.2, 0.25) is 10.0 Å². The van der Waals surface area contributed by atoms with E-state index in [0.717, 1.165) is 5.56 Å². The molecule has 0 aliphatic heterocycles. The first-order chi connectivity index (χ1) is 8.58. The van der Waals surface area contributed by atoms with E-state index in [4.69, 9.17) is 33.7 Å². The summed E-state index contributed by atoms with van der Waals surface area (Å²) in [5, 5.41) is 0.818. The highest BCUT2D eigenvalue weighted by Crippen LogP contribution is 2.34. The zero-order valence-electron chi connectivity index (χ0n) is 9.73. The maximum Gasteiger partial charge on any atom is 0.219 e. The van der Waals surface area contributed by atoms with Gasteiger partial charge in [-0.3, -0.25) is 0 Å². The van der Waals surface area contributed by atoms with Crippen molar-refractivity contribution < 1.29 is 4.74 Å². The molecule has 0 saturated heterocycles. The number of halogens is 2. The molecule has 1 heterocycles. The molecule has 94 valence electrons. The number of rotatable bonds is 3. The SMILES string of the molecule is C[C@@H](N)c1ccc(Oc2cccc(Cl)c2Cl)nc1. The summed E-state index contributed by atoms with van der Waals surface area (Å²) in [5.74, 6) is 0.925. The Balaban J connectivity index is 2.21. The minimum absolute atomic E-state index is 0.0543. The Bertz CT molecular complexity index is 541. The fourth-order valence-corrected chi connectivity index (χ4v) is 1.73. The van der Waals surface area contributed by atoms with Gasteiger partial charge in [-0.1, -0.05) is 35.3 Å². The largest absolute Gasteiger partial charge is 0.437 e. The number of hydrogen-bond acceptors (Lipinski definition) is 3. The number of benzene rings is 1. The number of nitrogens with zero attached hydrogens (tertiary/aromatic N) is 1. The Labute approximate surface area is 115 Å². The summed E-state index contributed by atoms with van der Waals surface area (Å²) >= 11 is 11.9. The molecule has 18 heavy (non-hydrogen) atoms. The van der Waals surface area contributed by atoms with Gasteiger partial charge < -0.3 is 10.5 Å². The number of nitrogens with two attached hydrogens (primary N) is 1. The van der Waals surface area contributed by atoms with Crippen LogP contribution < -0.4 is 10.5 Å². The second-order valence-electron chi connectivity index (χ2n) is 3.87. The second kappa shape index (κ2) is 5.57. The Morgan fingerprint density at radius 3 is 2.61 bits per heavy atom. The molecule has 2 aromatic rings. The highest BCUT2D eigenvalue weighted by atomic mass is 35.5. The van der Waals surface area contributed by atoms with Gasteiger partial charge in [0.1, 0.15) is 10.8 Å². The summed E-state index contributed by atoms with van der Waals surface area (Å²) < 4.78 is 5.56. The first-order valence-electron chi connectivity index (χ1n) is 5.41. The minimum atomic E-state index is -0.0543. The summed E-state index contributed by atoms with van der Waals surface area (Å²) in [6, 6.07) is 8.75. The van der Waals surface area contributed by atoms with Crippen molar-refractivity contribution in [2.24, 2.45) is 5.73 Å². The van der Waals surface area contributed by atoms with Gasteiger partial charge in [-0.2, -0.15) is 0 Å². The van der Waals surface area contributed by atoms with Gasteiger partial charge in [-0.25, -0.2) is 4.98 Å². The average molecular weight is 283 g/mol. The monoisotopic (exact) mass is 282 g/mol. The summed E-state index contributed by atoms with van der Waals surface area (Å²) in [4.78, 5) is 4.16. The van der Waals surface area contributed by atoms with Crippen LogP contribution in [0, 0.1) is 0 Å². The number of aromatic nitrogens is 1. The first-order valence-corrected chi connectivity index (χ1v) is 6.17. The predicted octanol–water partition coefficient (Wildman–Crippen LogP) is 4.20. The van der Waals surface area contributed by atoms with Gasteiger partial charge in [0, 0.05) is 18.3 Å². The molecule has 0 spiro atoms. The number of hydrogen-bond donors (Lipinski definition) is 1. The van der Waals surface area contributed by atoms with Crippen molar-refractivity contribution in [1.82, 2.24) is 4.98 Å². The molecular formula is C13H12Cl2N2O. The second-order valence-corrected chi connectivity index (χ2v) is 4.66. The van der Waals surface area contributed by atoms with E-state index in [2.05, 4.69) is 4.98 Å². The van der Waals surface area contributed by atoms with Crippen molar-refractivity contribution in [2.75, 3.05) is 0 Å². The van der Waals surface area contributed by atoms with Gasteiger partial charge in [-0.15, -0.1) is 0 Å². The molecule has 2 N–H and O–H groups in total. The van der Waals surface area contributed by atoms with Crippen LogP contribution in [0.5, 0.6) is 11.6 Å². The lowest BCUT2D eigenvalue weighted by Gasteiger charge is -2.09. The number of pyridine rings is 1. The molecular weight excluding hydrogens is 271 g/mol. The van der Waals surface area contributed by atoms with E-state index in [9.17, 15) is 0 Å². The molecule has 0 aliphatic carbocycles. The third-order valence-corrected chi connectivity index (χ3v) is 3.22. The Hall–Kier alpha value is -1.29. The van der Waals surface area contributed by atoms with Gasteiger partial charge in [0.05, 0.1) is 5.02 Å². The lowest BCUT2D eigenvalue weighted by molar-refractivity contribution is 0.462. The van der Waals surface area contributed by atoms with E-state index < -0.39 is 0 Å². The average Bonchev–Trinajstić information content (AvgIpc) is 2.36. The Morgan fingerprint density at radius 2 is 2.00 bits per heavy atom. The molecule has 0 saturated carbocycles. The highest BCUT2D eigenvalue weighted by molar-refractivity contribution is 6.42. The molecule has 0 unspecified atom stereocenters. The molecule has 0 aliphatic rings. The lowest BCUT2D eigenvalue weighted by atomic mass is 10.2. The van der Waals surface area contributed by atoms with Crippen LogP contribution in [-0.4, -0.2) is 4.98 Å². The predicted molar refractivity (Wildman–Crippen MR) is 73.4 cm³/mol. The van der Waals surface area contributed by atoms with E-state index in [1.807, 2.05) is 13.0 Å². The van der Waals surface area contributed by atoms with Crippen molar-refractivity contribution in [1.29, 1.82) is 0 Å². The molecule has 0 fully saturated rings. The molecule has 0 amide bonds.